The molecule has 0 aromatic carbocycles. The number of hydrogen-bond acceptors (Lipinski definition) is 7. The van der Waals surface area contributed by atoms with E-state index < -0.39 is 0 Å². The number of aromatic nitrogens is 2. The first kappa shape index (κ1) is 18.1. The number of carbonyl (C=O) groups is 2. The highest BCUT2D eigenvalue weighted by molar-refractivity contribution is 8.01. The number of fused-ring (bicyclic) bond motifs is 3. The van der Waals surface area contributed by atoms with Gasteiger partial charge in [-0.1, -0.05) is 0 Å². The Kier molecular flexibility index (Phi) is 4.94. The summed E-state index contributed by atoms with van der Waals surface area (Å²) < 4.78 is 5.79. The van der Waals surface area contributed by atoms with E-state index in [1.165, 1.54) is 6.92 Å². The van der Waals surface area contributed by atoms with E-state index in [0.717, 1.165) is 30.7 Å². The number of anilines is 1. The second-order valence-electron chi connectivity index (χ2n) is 7.18. The van der Waals surface area contributed by atoms with Gasteiger partial charge in [0.2, 0.25) is 17.8 Å². The number of rotatable bonds is 4. The van der Waals surface area contributed by atoms with E-state index in [-0.39, 0.29) is 34.3 Å². The van der Waals surface area contributed by atoms with Crippen molar-refractivity contribution >= 4 is 29.5 Å². The molecule has 1 aromatic heterocycles. The summed E-state index contributed by atoms with van der Waals surface area (Å²) in [5.74, 6) is 1.04. The first-order valence-corrected chi connectivity index (χ1v) is 10.1. The molecule has 0 bridgehead atoms. The summed E-state index contributed by atoms with van der Waals surface area (Å²) in [4.78, 5) is 31.9. The Balaban J connectivity index is 1.51. The molecule has 9 heteroatoms. The molecule has 4 unspecified atom stereocenters. The number of thioether (sulfide) groups is 1. The topological polar surface area (TPSA) is 119 Å². The monoisotopic (exact) mass is 389 g/mol. The highest BCUT2D eigenvalue weighted by atomic mass is 32.2. The van der Waals surface area contributed by atoms with Crippen molar-refractivity contribution in [1.82, 2.24) is 15.3 Å². The summed E-state index contributed by atoms with van der Waals surface area (Å²) in [7, 11) is 0. The van der Waals surface area contributed by atoms with E-state index >= 15 is 0 Å². The van der Waals surface area contributed by atoms with Crippen molar-refractivity contribution in [2.45, 2.75) is 55.1 Å². The number of primary amides is 1. The van der Waals surface area contributed by atoms with Gasteiger partial charge < -0.3 is 21.1 Å². The first-order valence-electron chi connectivity index (χ1n) is 9.19. The summed E-state index contributed by atoms with van der Waals surface area (Å²) in [5.41, 5.74) is 7.27. The van der Waals surface area contributed by atoms with Gasteiger partial charge in [0, 0.05) is 29.8 Å². The van der Waals surface area contributed by atoms with Crippen molar-refractivity contribution < 1.29 is 14.3 Å². The molecule has 1 aromatic rings. The molecule has 0 saturated carbocycles. The predicted molar refractivity (Wildman–Crippen MR) is 102 cm³/mol. The molecule has 8 nitrogen and oxygen atoms in total. The SMILES string of the molecule is CC(=O)NC1=CC(Nc2ncc3c(n2)C2CC(C(N)=O)SC2CO3)CCC1. The van der Waals surface area contributed by atoms with E-state index in [9.17, 15) is 9.59 Å². The number of amides is 2. The standard InChI is InChI=1S/C18H23N5O3S/c1-9(24)21-10-3-2-4-11(5-10)22-18-20-7-13-16(23-18)12-6-14(17(19)25)27-15(12)8-26-13/h5,7,11-12,14-15H,2-4,6,8H2,1H3,(H2,19,25)(H,21,24)(H,20,22,23). The lowest BCUT2D eigenvalue weighted by Crippen LogP contribution is -2.29. The quantitative estimate of drug-likeness (QED) is 0.710. The lowest BCUT2D eigenvalue weighted by molar-refractivity contribution is -0.118. The number of nitrogens with zero attached hydrogens (tertiary/aromatic N) is 2. The second kappa shape index (κ2) is 7.38. The molecule has 144 valence electrons. The number of nitrogens with two attached hydrogens (primary N) is 1. The fraction of sp³-hybridized carbons (Fsp3) is 0.556. The largest absolute Gasteiger partial charge is 0.489 e. The van der Waals surface area contributed by atoms with Gasteiger partial charge in [0.25, 0.3) is 0 Å². The maximum atomic E-state index is 11.6. The van der Waals surface area contributed by atoms with Gasteiger partial charge in [-0.25, -0.2) is 9.97 Å². The van der Waals surface area contributed by atoms with Gasteiger partial charge >= 0.3 is 0 Å². The third-order valence-electron chi connectivity index (χ3n) is 5.13. The Morgan fingerprint density at radius 1 is 1.41 bits per heavy atom. The minimum Gasteiger partial charge on any atom is -0.489 e. The predicted octanol–water partition coefficient (Wildman–Crippen LogP) is 1.30. The zero-order valence-electron chi connectivity index (χ0n) is 15.1. The molecule has 4 N–H and O–H groups in total. The van der Waals surface area contributed by atoms with Gasteiger partial charge in [-0.05, 0) is 31.8 Å². The van der Waals surface area contributed by atoms with E-state index in [0.29, 0.717) is 24.7 Å². The zero-order chi connectivity index (χ0) is 19.0. The number of hydrogen-bond donors (Lipinski definition) is 3. The molecule has 3 heterocycles. The molecule has 0 spiro atoms. The second-order valence-corrected chi connectivity index (χ2v) is 8.62. The van der Waals surface area contributed by atoms with Crippen LogP contribution in [0, 0.1) is 0 Å². The van der Waals surface area contributed by atoms with Crippen LogP contribution < -0.4 is 21.1 Å². The van der Waals surface area contributed by atoms with Crippen LogP contribution in [0.25, 0.3) is 0 Å². The Morgan fingerprint density at radius 2 is 2.26 bits per heavy atom. The number of allylic oxidation sites excluding steroid dienone is 1. The summed E-state index contributed by atoms with van der Waals surface area (Å²) in [6.45, 7) is 2.06. The van der Waals surface area contributed by atoms with Crippen molar-refractivity contribution in [1.29, 1.82) is 0 Å². The van der Waals surface area contributed by atoms with Gasteiger partial charge in [-0.15, -0.1) is 11.8 Å². The average molecular weight is 389 g/mol. The fourth-order valence-electron chi connectivity index (χ4n) is 3.90. The molecule has 2 amide bonds. The summed E-state index contributed by atoms with van der Waals surface area (Å²) >= 11 is 1.58. The Labute approximate surface area is 161 Å². The molecule has 1 fully saturated rings. The average Bonchev–Trinajstić information content (AvgIpc) is 3.06. The van der Waals surface area contributed by atoms with Crippen LogP contribution in [-0.2, 0) is 9.59 Å². The zero-order valence-corrected chi connectivity index (χ0v) is 15.9. The molecular formula is C18H23N5O3S. The lowest BCUT2D eigenvalue weighted by atomic mass is 9.93. The van der Waals surface area contributed by atoms with Crippen molar-refractivity contribution in [3.05, 3.63) is 23.7 Å². The van der Waals surface area contributed by atoms with Crippen molar-refractivity contribution in [3.63, 3.8) is 0 Å². The third kappa shape index (κ3) is 3.87. The van der Waals surface area contributed by atoms with Crippen LogP contribution in [0.4, 0.5) is 5.95 Å². The molecule has 1 saturated heterocycles. The van der Waals surface area contributed by atoms with Crippen LogP contribution in [-0.4, -0.2) is 44.9 Å². The van der Waals surface area contributed by atoms with Crippen molar-refractivity contribution in [2.75, 3.05) is 11.9 Å². The minimum absolute atomic E-state index is 0.0575. The molecule has 4 rings (SSSR count). The Hall–Kier alpha value is -2.29. The molecule has 2 aliphatic heterocycles. The van der Waals surface area contributed by atoms with Gasteiger partial charge in [0.15, 0.2) is 5.75 Å². The maximum Gasteiger partial charge on any atom is 0.230 e. The molecule has 3 aliphatic rings. The lowest BCUT2D eigenvalue weighted by Gasteiger charge is -2.27. The molecule has 0 radical (unpaired) electrons. The normalized spacial score (nSPS) is 29.0. The fourth-order valence-corrected chi connectivity index (χ4v) is 5.36. The van der Waals surface area contributed by atoms with E-state index in [1.807, 2.05) is 6.08 Å². The van der Waals surface area contributed by atoms with Gasteiger partial charge in [-0.3, -0.25) is 9.59 Å². The number of nitrogens with one attached hydrogen (secondary N) is 2. The van der Waals surface area contributed by atoms with E-state index in [1.54, 1.807) is 18.0 Å². The highest BCUT2D eigenvalue weighted by Gasteiger charge is 2.43. The highest BCUT2D eigenvalue weighted by Crippen LogP contribution is 2.48. The summed E-state index contributed by atoms with van der Waals surface area (Å²) in [6, 6.07) is 0.0651. The number of ether oxygens (including phenoxy) is 1. The Morgan fingerprint density at radius 3 is 3.04 bits per heavy atom. The van der Waals surface area contributed by atoms with Gasteiger partial charge in [-0.2, -0.15) is 0 Å². The van der Waals surface area contributed by atoms with Crippen LogP contribution >= 0.6 is 11.8 Å². The summed E-state index contributed by atoms with van der Waals surface area (Å²) in [5, 5.41) is 6.21. The van der Waals surface area contributed by atoms with E-state index in [2.05, 4.69) is 15.6 Å². The molecule has 4 atom stereocenters. The van der Waals surface area contributed by atoms with Crippen LogP contribution in [0.15, 0.2) is 18.0 Å². The van der Waals surface area contributed by atoms with Crippen LogP contribution in [0.2, 0.25) is 0 Å². The molecule has 27 heavy (non-hydrogen) atoms. The number of carbonyl (C=O) groups excluding carboxylic acids is 2. The van der Waals surface area contributed by atoms with Crippen LogP contribution in [0.1, 0.15) is 44.2 Å². The first-order chi connectivity index (χ1) is 13.0. The smallest absolute Gasteiger partial charge is 0.230 e. The van der Waals surface area contributed by atoms with E-state index in [4.69, 9.17) is 15.5 Å². The summed E-state index contributed by atoms with van der Waals surface area (Å²) in [6.07, 6.45) is 7.22. The van der Waals surface area contributed by atoms with Gasteiger partial charge in [0.05, 0.1) is 17.1 Å². The minimum atomic E-state index is -0.277. The maximum absolute atomic E-state index is 11.6. The van der Waals surface area contributed by atoms with Crippen molar-refractivity contribution in [3.8, 4) is 5.75 Å². The molecular weight excluding hydrogens is 366 g/mol. The van der Waals surface area contributed by atoms with Crippen molar-refractivity contribution in [2.24, 2.45) is 5.73 Å². The Bertz CT molecular complexity index is 799. The van der Waals surface area contributed by atoms with Crippen LogP contribution in [0.5, 0.6) is 5.75 Å². The molecule has 1 aliphatic carbocycles. The third-order valence-corrected chi connectivity index (χ3v) is 6.69. The van der Waals surface area contributed by atoms with Crippen LogP contribution in [0.3, 0.4) is 0 Å². The van der Waals surface area contributed by atoms with Gasteiger partial charge in [0.1, 0.15) is 6.61 Å².